The molecule has 6 heteroatoms. The summed E-state index contributed by atoms with van der Waals surface area (Å²) in [6.07, 6.45) is 4.91. The van der Waals surface area contributed by atoms with Crippen LogP contribution in [0.5, 0.6) is 11.6 Å². The number of fused-ring (bicyclic) bond motifs is 1. The van der Waals surface area contributed by atoms with Crippen molar-refractivity contribution < 1.29 is 9.53 Å². The molecule has 0 fully saturated rings. The van der Waals surface area contributed by atoms with Gasteiger partial charge in [-0.3, -0.25) is 14.8 Å². The number of aromatic nitrogens is 3. The van der Waals surface area contributed by atoms with E-state index in [0.29, 0.717) is 29.3 Å². The second-order valence-electron chi connectivity index (χ2n) is 5.86. The molecule has 0 aliphatic heterocycles. The molecule has 0 spiro atoms. The van der Waals surface area contributed by atoms with Crippen molar-refractivity contribution in [1.82, 2.24) is 20.3 Å². The molecule has 0 saturated carbocycles. The maximum Gasteiger partial charge on any atom is 0.251 e. The van der Waals surface area contributed by atoms with E-state index in [1.807, 2.05) is 36.4 Å². The van der Waals surface area contributed by atoms with Crippen LogP contribution in [0.3, 0.4) is 0 Å². The summed E-state index contributed by atoms with van der Waals surface area (Å²) in [7, 11) is 0. The molecule has 132 valence electrons. The molecule has 0 atom stereocenters. The zero-order chi connectivity index (χ0) is 18.5. The molecule has 0 saturated heterocycles. The van der Waals surface area contributed by atoms with E-state index in [2.05, 4.69) is 20.3 Å². The highest BCUT2D eigenvalue weighted by atomic mass is 16.5. The van der Waals surface area contributed by atoms with Crippen molar-refractivity contribution in [3.05, 3.63) is 90.4 Å². The maximum absolute atomic E-state index is 12.4. The number of hydrogen-bond acceptors (Lipinski definition) is 5. The number of hydrogen-bond donors (Lipinski definition) is 1. The zero-order valence-corrected chi connectivity index (χ0v) is 14.4. The molecule has 0 aliphatic rings. The summed E-state index contributed by atoms with van der Waals surface area (Å²) in [6.45, 7) is 0.386. The number of nitrogens with one attached hydrogen (secondary N) is 1. The highest BCUT2D eigenvalue weighted by Crippen LogP contribution is 2.20. The molecule has 4 rings (SSSR count). The summed E-state index contributed by atoms with van der Waals surface area (Å²) in [5.74, 6) is 1.02. The zero-order valence-electron chi connectivity index (χ0n) is 14.4. The fourth-order valence-electron chi connectivity index (χ4n) is 2.64. The molecule has 4 aromatic rings. The Morgan fingerprint density at radius 2 is 1.74 bits per heavy atom. The molecule has 2 aromatic carbocycles. The van der Waals surface area contributed by atoms with Gasteiger partial charge in [0.1, 0.15) is 5.75 Å². The molecule has 2 aromatic heterocycles. The summed E-state index contributed by atoms with van der Waals surface area (Å²) in [6, 6.07) is 18.3. The van der Waals surface area contributed by atoms with Crippen LogP contribution in [0.25, 0.3) is 11.0 Å². The molecule has 6 nitrogen and oxygen atoms in total. The smallest absolute Gasteiger partial charge is 0.251 e. The van der Waals surface area contributed by atoms with Crippen molar-refractivity contribution in [3.63, 3.8) is 0 Å². The standard InChI is InChI=1S/C21H16N4O2/c26-21(16-7-8-18-19(13-16)23-11-10-22-18)25-14-15-4-3-5-17(12-15)27-20-6-1-2-9-24-20/h1-13H,14H2,(H,25,26). The van der Waals surface area contributed by atoms with Crippen LogP contribution < -0.4 is 10.1 Å². The van der Waals surface area contributed by atoms with Gasteiger partial charge in [0.25, 0.3) is 5.91 Å². The molecule has 0 aliphatic carbocycles. The summed E-state index contributed by atoms with van der Waals surface area (Å²) in [4.78, 5) is 25.0. The SMILES string of the molecule is O=C(NCc1cccc(Oc2ccccn2)c1)c1ccc2nccnc2c1. The molecule has 0 bridgehead atoms. The summed E-state index contributed by atoms with van der Waals surface area (Å²) in [5.41, 5.74) is 2.92. The molecule has 0 radical (unpaired) electrons. The Labute approximate surface area is 155 Å². The second-order valence-corrected chi connectivity index (χ2v) is 5.86. The van der Waals surface area contributed by atoms with Gasteiger partial charge in [0.05, 0.1) is 11.0 Å². The predicted molar refractivity (Wildman–Crippen MR) is 101 cm³/mol. The summed E-state index contributed by atoms with van der Waals surface area (Å²) in [5, 5.41) is 2.91. The van der Waals surface area contributed by atoms with Gasteiger partial charge in [-0.05, 0) is 42.0 Å². The first-order valence-electron chi connectivity index (χ1n) is 8.45. The van der Waals surface area contributed by atoms with Crippen molar-refractivity contribution in [3.8, 4) is 11.6 Å². The highest BCUT2D eigenvalue weighted by molar-refractivity contribution is 5.97. The van der Waals surface area contributed by atoms with E-state index >= 15 is 0 Å². The molecule has 2 heterocycles. The van der Waals surface area contributed by atoms with E-state index in [0.717, 1.165) is 11.1 Å². The lowest BCUT2D eigenvalue weighted by Crippen LogP contribution is -2.22. The van der Waals surface area contributed by atoms with Crippen molar-refractivity contribution in [2.75, 3.05) is 0 Å². The van der Waals surface area contributed by atoms with E-state index < -0.39 is 0 Å². The quantitative estimate of drug-likeness (QED) is 0.589. The minimum atomic E-state index is -0.168. The Bertz CT molecular complexity index is 1080. The van der Waals surface area contributed by atoms with Gasteiger partial charge in [0.2, 0.25) is 5.88 Å². The Kier molecular flexibility index (Phi) is 4.70. The van der Waals surface area contributed by atoms with Crippen molar-refractivity contribution in [2.24, 2.45) is 0 Å². The minimum Gasteiger partial charge on any atom is -0.439 e. The Hall–Kier alpha value is -3.80. The molecule has 1 N–H and O–H groups in total. The molecule has 1 amide bonds. The van der Waals surface area contributed by atoms with E-state index in [-0.39, 0.29) is 5.91 Å². The van der Waals surface area contributed by atoms with Crippen molar-refractivity contribution in [1.29, 1.82) is 0 Å². The summed E-state index contributed by atoms with van der Waals surface area (Å²) >= 11 is 0. The van der Waals surface area contributed by atoms with E-state index in [9.17, 15) is 4.79 Å². The van der Waals surface area contributed by atoms with Gasteiger partial charge in [-0.1, -0.05) is 18.2 Å². The Morgan fingerprint density at radius 3 is 2.59 bits per heavy atom. The highest BCUT2D eigenvalue weighted by Gasteiger charge is 2.08. The first-order valence-corrected chi connectivity index (χ1v) is 8.45. The van der Waals surface area contributed by atoms with Crippen LogP contribution in [-0.2, 0) is 6.54 Å². The van der Waals surface area contributed by atoms with Gasteiger partial charge in [-0.2, -0.15) is 0 Å². The maximum atomic E-state index is 12.4. The fourth-order valence-corrected chi connectivity index (χ4v) is 2.64. The normalized spacial score (nSPS) is 10.5. The van der Waals surface area contributed by atoms with Crippen LogP contribution in [0.1, 0.15) is 15.9 Å². The number of carbonyl (C=O) groups is 1. The van der Waals surface area contributed by atoms with Gasteiger partial charge < -0.3 is 10.1 Å². The van der Waals surface area contributed by atoms with Gasteiger partial charge in [0, 0.05) is 36.8 Å². The average molecular weight is 356 g/mol. The number of rotatable bonds is 5. The van der Waals surface area contributed by atoms with Crippen LogP contribution in [-0.4, -0.2) is 20.9 Å². The first-order chi connectivity index (χ1) is 13.3. The minimum absolute atomic E-state index is 0.168. The van der Waals surface area contributed by atoms with E-state index in [4.69, 9.17) is 4.74 Å². The molecule has 0 unspecified atom stereocenters. The van der Waals surface area contributed by atoms with Gasteiger partial charge in [0.15, 0.2) is 0 Å². The Morgan fingerprint density at radius 1 is 0.852 bits per heavy atom. The third-order valence-corrected chi connectivity index (χ3v) is 3.94. The third-order valence-electron chi connectivity index (χ3n) is 3.94. The number of nitrogens with zero attached hydrogens (tertiary/aromatic N) is 3. The van der Waals surface area contributed by atoms with Crippen LogP contribution in [0.2, 0.25) is 0 Å². The van der Waals surface area contributed by atoms with Crippen molar-refractivity contribution in [2.45, 2.75) is 6.54 Å². The average Bonchev–Trinajstić information content (AvgIpc) is 2.73. The lowest BCUT2D eigenvalue weighted by Gasteiger charge is -2.08. The third kappa shape index (κ3) is 4.07. The summed E-state index contributed by atoms with van der Waals surface area (Å²) < 4.78 is 5.72. The monoisotopic (exact) mass is 356 g/mol. The lowest BCUT2D eigenvalue weighted by molar-refractivity contribution is 0.0951. The topological polar surface area (TPSA) is 77.0 Å². The molecule has 27 heavy (non-hydrogen) atoms. The molecular weight excluding hydrogens is 340 g/mol. The van der Waals surface area contributed by atoms with Crippen molar-refractivity contribution >= 4 is 16.9 Å². The van der Waals surface area contributed by atoms with Crippen LogP contribution in [0.4, 0.5) is 0 Å². The molecular formula is C21H16N4O2. The predicted octanol–water partition coefficient (Wildman–Crippen LogP) is 3.75. The second kappa shape index (κ2) is 7.61. The largest absolute Gasteiger partial charge is 0.439 e. The van der Waals surface area contributed by atoms with E-state index in [1.165, 1.54) is 0 Å². The fraction of sp³-hybridized carbons (Fsp3) is 0.0476. The van der Waals surface area contributed by atoms with Gasteiger partial charge in [-0.15, -0.1) is 0 Å². The van der Waals surface area contributed by atoms with Crippen LogP contribution >= 0.6 is 0 Å². The lowest BCUT2D eigenvalue weighted by atomic mass is 10.1. The number of carbonyl (C=O) groups excluding carboxylic acids is 1. The Balaban J connectivity index is 1.43. The van der Waals surface area contributed by atoms with Gasteiger partial charge >= 0.3 is 0 Å². The number of ether oxygens (including phenoxy) is 1. The number of benzene rings is 2. The van der Waals surface area contributed by atoms with Crippen LogP contribution in [0, 0.1) is 0 Å². The number of amides is 1. The van der Waals surface area contributed by atoms with E-state index in [1.54, 1.807) is 42.9 Å². The first kappa shape index (κ1) is 16.7. The van der Waals surface area contributed by atoms with Crippen LogP contribution in [0.15, 0.2) is 79.3 Å². The van der Waals surface area contributed by atoms with Gasteiger partial charge in [-0.25, -0.2) is 4.98 Å². The number of pyridine rings is 1.